The quantitative estimate of drug-likeness (QED) is 0.303. The van der Waals surface area contributed by atoms with Gasteiger partial charge in [0.25, 0.3) is 0 Å². The second-order valence-electron chi connectivity index (χ2n) is 8.39. The number of nitrogens with zero attached hydrogens (tertiary/aromatic N) is 2. The number of ether oxygens (including phenoxy) is 1. The van der Waals surface area contributed by atoms with Crippen molar-refractivity contribution >= 4 is 35.8 Å². The summed E-state index contributed by atoms with van der Waals surface area (Å²) in [7, 11) is 3.43. The minimum Gasteiger partial charge on any atom is -0.490 e. The topological polar surface area (TPSA) is 66.0 Å². The molecule has 1 atom stereocenters. The van der Waals surface area contributed by atoms with Gasteiger partial charge in [0.15, 0.2) is 17.5 Å². The van der Waals surface area contributed by atoms with E-state index in [1.165, 1.54) is 36.6 Å². The van der Waals surface area contributed by atoms with Gasteiger partial charge in [-0.2, -0.15) is 0 Å². The SMILES string of the molecule is CC(NC(=NCC(=O)N(C)C)NC1CCCC1)c1ccc(OCC2CC2)c(F)c1.I. The number of nitrogens with one attached hydrogen (secondary N) is 2. The Morgan fingerprint density at radius 2 is 1.97 bits per heavy atom. The number of hydrogen-bond donors (Lipinski definition) is 2. The molecule has 1 aromatic carbocycles. The standard InChI is InChI=1S/C22H33FN4O2.HI/c1-15(17-10-11-20(19(23)12-17)29-14-16-8-9-16)25-22(24-13-21(28)27(2)3)26-18-6-4-5-7-18;/h10-12,15-16,18H,4-9,13-14H2,1-3H3,(H2,24,25,26);1H. The van der Waals surface area contributed by atoms with Gasteiger partial charge in [0.1, 0.15) is 6.54 Å². The molecule has 1 unspecified atom stereocenters. The minimum atomic E-state index is -0.346. The first-order valence-corrected chi connectivity index (χ1v) is 10.6. The zero-order valence-electron chi connectivity index (χ0n) is 18.1. The summed E-state index contributed by atoms with van der Waals surface area (Å²) in [6, 6.07) is 5.28. The summed E-state index contributed by atoms with van der Waals surface area (Å²) in [5.41, 5.74) is 0.807. The Kier molecular flexibility index (Phi) is 9.64. The van der Waals surface area contributed by atoms with Gasteiger partial charge in [-0.3, -0.25) is 4.79 Å². The van der Waals surface area contributed by atoms with E-state index in [9.17, 15) is 9.18 Å². The van der Waals surface area contributed by atoms with Gasteiger partial charge < -0.3 is 20.3 Å². The number of benzene rings is 1. The molecule has 2 aliphatic rings. The molecule has 6 nitrogen and oxygen atoms in total. The molecule has 1 amide bonds. The zero-order chi connectivity index (χ0) is 20.8. The third kappa shape index (κ3) is 7.59. The number of likely N-dealkylation sites (N-methyl/N-ethyl adjacent to an activating group) is 1. The van der Waals surface area contributed by atoms with E-state index in [0.717, 1.165) is 18.4 Å². The molecule has 0 heterocycles. The van der Waals surface area contributed by atoms with E-state index in [1.54, 1.807) is 20.2 Å². The minimum absolute atomic E-state index is 0. The second kappa shape index (κ2) is 11.7. The van der Waals surface area contributed by atoms with Crippen LogP contribution in [0.3, 0.4) is 0 Å². The van der Waals surface area contributed by atoms with Crippen molar-refractivity contribution in [3.63, 3.8) is 0 Å². The summed E-state index contributed by atoms with van der Waals surface area (Å²) in [5, 5.41) is 6.75. The third-order valence-electron chi connectivity index (χ3n) is 5.55. The molecule has 0 aromatic heterocycles. The number of amides is 1. The van der Waals surface area contributed by atoms with Crippen LogP contribution in [0.15, 0.2) is 23.2 Å². The zero-order valence-corrected chi connectivity index (χ0v) is 20.4. The summed E-state index contributed by atoms with van der Waals surface area (Å²) in [5.74, 6) is 1.08. The largest absolute Gasteiger partial charge is 0.490 e. The van der Waals surface area contributed by atoms with Gasteiger partial charge >= 0.3 is 0 Å². The fraction of sp³-hybridized carbons (Fsp3) is 0.636. The Labute approximate surface area is 196 Å². The molecular formula is C22H34FIN4O2. The maximum atomic E-state index is 14.4. The fourth-order valence-corrected chi connectivity index (χ4v) is 3.37. The number of halogens is 2. The molecular weight excluding hydrogens is 498 g/mol. The molecule has 30 heavy (non-hydrogen) atoms. The molecule has 0 aliphatic heterocycles. The summed E-state index contributed by atoms with van der Waals surface area (Å²) in [4.78, 5) is 17.9. The number of guanidine groups is 1. The fourth-order valence-electron chi connectivity index (χ4n) is 3.37. The number of aliphatic imine (C=N–C) groups is 1. The number of carbonyl (C=O) groups excluding carboxylic acids is 1. The first kappa shape index (κ1) is 24.7. The molecule has 0 spiro atoms. The summed E-state index contributed by atoms with van der Waals surface area (Å²) in [6.07, 6.45) is 6.94. The Hall–Kier alpha value is -1.58. The van der Waals surface area contributed by atoms with Gasteiger partial charge in [0, 0.05) is 20.1 Å². The third-order valence-corrected chi connectivity index (χ3v) is 5.55. The second-order valence-corrected chi connectivity index (χ2v) is 8.39. The van der Waals surface area contributed by atoms with Crippen LogP contribution in [-0.2, 0) is 4.79 Å². The molecule has 0 radical (unpaired) electrons. The van der Waals surface area contributed by atoms with E-state index in [4.69, 9.17) is 4.74 Å². The maximum Gasteiger partial charge on any atom is 0.243 e. The van der Waals surface area contributed by atoms with E-state index >= 15 is 0 Å². The number of hydrogen-bond acceptors (Lipinski definition) is 3. The number of rotatable bonds is 8. The van der Waals surface area contributed by atoms with Crippen LogP contribution < -0.4 is 15.4 Å². The van der Waals surface area contributed by atoms with E-state index in [-0.39, 0.29) is 48.3 Å². The van der Waals surface area contributed by atoms with Crippen molar-refractivity contribution in [1.29, 1.82) is 0 Å². The van der Waals surface area contributed by atoms with Gasteiger partial charge in [-0.25, -0.2) is 9.38 Å². The highest BCUT2D eigenvalue weighted by molar-refractivity contribution is 14.0. The molecule has 168 valence electrons. The van der Waals surface area contributed by atoms with Gasteiger partial charge in [-0.1, -0.05) is 18.9 Å². The lowest BCUT2D eigenvalue weighted by Crippen LogP contribution is -2.44. The molecule has 0 bridgehead atoms. The van der Waals surface area contributed by atoms with Gasteiger partial charge in [-0.05, 0) is 56.2 Å². The molecule has 0 saturated heterocycles. The van der Waals surface area contributed by atoms with Crippen molar-refractivity contribution in [2.45, 2.75) is 57.5 Å². The molecule has 2 fully saturated rings. The van der Waals surface area contributed by atoms with E-state index in [2.05, 4.69) is 15.6 Å². The van der Waals surface area contributed by atoms with Crippen molar-refractivity contribution in [3.8, 4) is 5.75 Å². The molecule has 2 saturated carbocycles. The first-order chi connectivity index (χ1) is 13.9. The Bertz CT molecular complexity index is 734. The van der Waals surface area contributed by atoms with E-state index < -0.39 is 0 Å². The molecule has 1 aromatic rings. The van der Waals surface area contributed by atoms with Crippen molar-refractivity contribution in [2.24, 2.45) is 10.9 Å². The maximum absolute atomic E-state index is 14.4. The van der Waals surface area contributed by atoms with Gasteiger partial charge in [0.05, 0.1) is 12.6 Å². The van der Waals surface area contributed by atoms with Crippen molar-refractivity contribution < 1.29 is 13.9 Å². The van der Waals surface area contributed by atoms with Crippen LogP contribution in [0.25, 0.3) is 0 Å². The highest BCUT2D eigenvalue weighted by Crippen LogP contribution is 2.30. The highest BCUT2D eigenvalue weighted by Gasteiger charge is 2.23. The lowest BCUT2D eigenvalue weighted by Gasteiger charge is -2.22. The first-order valence-electron chi connectivity index (χ1n) is 10.6. The molecule has 8 heteroatoms. The summed E-state index contributed by atoms with van der Waals surface area (Å²) >= 11 is 0. The van der Waals surface area contributed by atoms with Gasteiger partial charge in [-0.15, -0.1) is 24.0 Å². The predicted molar refractivity (Wildman–Crippen MR) is 128 cm³/mol. The lowest BCUT2D eigenvalue weighted by atomic mass is 10.1. The Morgan fingerprint density at radius 3 is 2.57 bits per heavy atom. The average Bonchev–Trinajstić information content (AvgIpc) is 3.38. The monoisotopic (exact) mass is 532 g/mol. The molecule has 2 N–H and O–H groups in total. The number of carbonyl (C=O) groups is 1. The smallest absolute Gasteiger partial charge is 0.243 e. The van der Waals surface area contributed by atoms with E-state index in [1.807, 2.05) is 13.0 Å². The van der Waals surface area contributed by atoms with Crippen LogP contribution in [0.4, 0.5) is 4.39 Å². The average molecular weight is 532 g/mol. The van der Waals surface area contributed by atoms with Crippen LogP contribution >= 0.6 is 24.0 Å². The summed E-state index contributed by atoms with van der Waals surface area (Å²) in [6.45, 7) is 2.62. The van der Waals surface area contributed by atoms with Crippen molar-refractivity contribution in [2.75, 3.05) is 27.2 Å². The van der Waals surface area contributed by atoms with Crippen LogP contribution in [0.5, 0.6) is 5.75 Å². The lowest BCUT2D eigenvalue weighted by molar-refractivity contribution is -0.127. The molecule has 2 aliphatic carbocycles. The normalized spacial score (nSPS) is 17.8. The molecule has 3 rings (SSSR count). The van der Waals surface area contributed by atoms with Crippen molar-refractivity contribution in [3.05, 3.63) is 29.6 Å². The Morgan fingerprint density at radius 1 is 1.27 bits per heavy atom. The van der Waals surface area contributed by atoms with E-state index in [0.29, 0.717) is 30.3 Å². The Balaban J connectivity index is 0.00000320. The highest BCUT2D eigenvalue weighted by atomic mass is 127. The van der Waals surface area contributed by atoms with Gasteiger partial charge in [0.2, 0.25) is 5.91 Å². The summed E-state index contributed by atoms with van der Waals surface area (Å²) < 4.78 is 20.0. The van der Waals surface area contributed by atoms with Crippen LogP contribution in [0, 0.1) is 11.7 Å². The van der Waals surface area contributed by atoms with Crippen molar-refractivity contribution in [1.82, 2.24) is 15.5 Å². The predicted octanol–water partition coefficient (Wildman–Crippen LogP) is 3.86. The van der Waals surface area contributed by atoms with Crippen LogP contribution in [0.1, 0.15) is 57.1 Å². The van der Waals surface area contributed by atoms with Crippen LogP contribution in [-0.4, -0.2) is 50.1 Å². The van der Waals surface area contributed by atoms with Crippen LogP contribution in [0.2, 0.25) is 0 Å².